The predicted molar refractivity (Wildman–Crippen MR) is 134 cm³/mol. The van der Waals surface area contributed by atoms with Crippen LogP contribution in [0, 0.1) is 28.6 Å². The molecular formula is C29H42O8. The van der Waals surface area contributed by atoms with Crippen LogP contribution in [0.3, 0.4) is 0 Å². The number of aliphatic hydroxyl groups excluding tert-OH is 3. The second kappa shape index (κ2) is 8.21. The molecule has 3 saturated carbocycles. The molecule has 0 bridgehead atoms. The molecule has 0 radical (unpaired) electrons. The molecule has 3 fully saturated rings. The summed E-state index contributed by atoms with van der Waals surface area (Å²) < 4.78 is 5.32. The van der Waals surface area contributed by atoms with Crippen LogP contribution in [0.25, 0.3) is 0 Å². The zero-order valence-corrected chi connectivity index (χ0v) is 22.5. The molecule has 8 heteroatoms. The monoisotopic (exact) mass is 518 g/mol. The van der Waals surface area contributed by atoms with Crippen LogP contribution < -0.4 is 0 Å². The molecular weight excluding hydrogens is 476 g/mol. The van der Waals surface area contributed by atoms with Gasteiger partial charge in [0.05, 0.1) is 29.5 Å². The number of aliphatic hydroxyl groups is 5. The molecule has 37 heavy (non-hydrogen) atoms. The van der Waals surface area contributed by atoms with Gasteiger partial charge < -0.3 is 30.3 Å². The lowest BCUT2D eigenvalue weighted by atomic mass is 9.45. The molecule has 5 aliphatic rings. The van der Waals surface area contributed by atoms with Crippen molar-refractivity contribution in [1.82, 2.24) is 0 Å². The molecule has 0 saturated heterocycles. The Morgan fingerprint density at radius 3 is 2.35 bits per heavy atom. The van der Waals surface area contributed by atoms with Crippen LogP contribution in [-0.2, 0) is 14.3 Å². The highest BCUT2D eigenvalue weighted by atomic mass is 16.6. The third-order valence-corrected chi connectivity index (χ3v) is 11.3. The summed E-state index contributed by atoms with van der Waals surface area (Å²) in [5, 5.41) is 56.1. The summed E-state index contributed by atoms with van der Waals surface area (Å²) in [5.74, 6) is -1.55. The number of allylic oxidation sites excluding steroid dienone is 1. The number of carbonyl (C=O) groups excluding carboxylic acids is 2. The second-order valence-corrected chi connectivity index (χ2v) is 13.6. The van der Waals surface area contributed by atoms with Gasteiger partial charge in [0.15, 0.2) is 5.78 Å². The summed E-state index contributed by atoms with van der Waals surface area (Å²) in [6.45, 7) is 9.06. The molecule has 0 spiro atoms. The number of carbonyl (C=O) groups is 2. The maximum Gasteiger partial charge on any atom is 0.331 e. The first-order chi connectivity index (χ1) is 17.0. The molecule has 0 unspecified atom stereocenters. The molecule has 0 amide bonds. The standard InChI is InChI=1S/C29H42O8/c1-25(2)15(11-24(34)37-25)10-23(33)28(5,35)22-7-9-29(36)17-12-19(30)18-13-20(31)21(32)14-26(18,3)16(17)6-8-27(22,29)4/h11-12,16,18,20-23,31-33,35-36H,6-10,13-14H2,1-5H3/t16-,18-,20+,21-,22-,23+,26+,27+,28-,29+/m0/s1. The van der Waals surface area contributed by atoms with E-state index in [2.05, 4.69) is 0 Å². The van der Waals surface area contributed by atoms with Crippen LogP contribution in [0.4, 0.5) is 0 Å². The Bertz CT molecular complexity index is 1070. The van der Waals surface area contributed by atoms with E-state index in [-0.39, 0.29) is 24.5 Å². The van der Waals surface area contributed by atoms with Gasteiger partial charge in [-0.15, -0.1) is 0 Å². The van der Waals surface area contributed by atoms with Crippen molar-refractivity contribution in [3.05, 3.63) is 23.3 Å². The summed E-state index contributed by atoms with van der Waals surface area (Å²) in [6, 6.07) is 0. The van der Waals surface area contributed by atoms with E-state index in [9.17, 15) is 35.1 Å². The molecule has 0 aromatic heterocycles. The summed E-state index contributed by atoms with van der Waals surface area (Å²) in [4.78, 5) is 25.2. The molecule has 5 N–H and O–H groups in total. The van der Waals surface area contributed by atoms with Crippen LogP contribution in [0.1, 0.15) is 79.6 Å². The Balaban J connectivity index is 1.46. The van der Waals surface area contributed by atoms with Crippen molar-refractivity contribution in [3.8, 4) is 0 Å². The Morgan fingerprint density at radius 2 is 1.73 bits per heavy atom. The van der Waals surface area contributed by atoms with E-state index in [1.807, 2.05) is 13.8 Å². The van der Waals surface area contributed by atoms with Crippen molar-refractivity contribution in [2.24, 2.45) is 28.6 Å². The first-order valence-corrected chi connectivity index (χ1v) is 13.7. The minimum absolute atomic E-state index is 0.0700. The predicted octanol–water partition coefficient (Wildman–Crippen LogP) is 1.95. The molecule has 5 rings (SSSR count). The van der Waals surface area contributed by atoms with Gasteiger partial charge in [-0.2, -0.15) is 0 Å². The lowest BCUT2D eigenvalue weighted by Crippen LogP contribution is -2.62. The minimum atomic E-state index is -1.56. The number of esters is 1. The topological polar surface area (TPSA) is 145 Å². The fraction of sp³-hybridized carbons (Fsp3) is 0.793. The van der Waals surface area contributed by atoms with Gasteiger partial charge in [0.25, 0.3) is 0 Å². The maximum absolute atomic E-state index is 13.3. The molecule has 1 aliphatic heterocycles. The van der Waals surface area contributed by atoms with Crippen molar-refractivity contribution in [1.29, 1.82) is 0 Å². The zero-order valence-electron chi connectivity index (χ0n) is 22.5. The van der Waals surface area contributed by atoms with Crippen LogP contribution in [-0.4, -0.2) is 72.4 Å². The van der Waals surface area contributed by atoms with E-state index in [1.165, 1.54) is 6.08 Å². The van der Waals surface area contributed by atoms with Gasteiger partial charge in [-0.3, -0.25) is 4.79 Å². The van der Waals surface area contributed by atoms with Crippen LogP contribution >= 0.6 is 0 Å². The van der Waals surface area contributed by atoms with Gasteiger partial charge in [-0.1, -0.05) is 13.8 Å². The van der Waals surface area contributed by atoms with Gasteiger partial charge in [0.1, 0.15) is 5.60 Å². The number of ketones is 1. The van der Waals surface area contributed by atoms with E-state index in [1.54, 1.807) is 26.8 Å². The Hall–Kier alpha value is -1.58. The van der Waals surface area contributed by atoms with Crippen molar-refractivity contribution in [2.45, 2.75) is 115 Å². The number of rotatable bonds is 4. The molecule has 8 nitrogen and oxygen atoms in total. The fourth-order valence-corrected chi connectivity index (χ4v) is 8.92. The van der Waals surface area contributed by atoms with Gasteiger partial charge in [-0.25, -0.2) is 4.79 Å². The molecule has 0 aromatic carbocycles. The van der Waals surface area contributed by atoms with Crippen molar-refractivity contribution < 1.29 is 39.9 Å². The molecule has 0 aromatic rings. The highest BCUT2D eigenvalue weighted by Gasteiger charge is 2.69. The van der Waals surface area contributed by atoms with E-state index in [0.717, 1.165) is 0 Å². The van der Waals surface area contributed by atoms with E-state index >= 15 is 0 Å². The summed E-state index contributed by atoms with van der Waals surface area (Å²) in [5.41, 5.74) is -3.81. The molecule has 1 heterocycles. The Kier molecular flexibility index (Phi) is 5.99. The SMILES string of the molecule is CC1(C)OC(=O)C=C1C[C@@H](O)[C@@](C)(O)[C@H]1CC[C@@]2(O)C3=CC(=O)[C@@H]4C[C@@H](O)[C@@H](O)C[C@]4(C)[C@H]3CC[C@]12C. The van der Waals surface area contributed by atoms with Crippen molar-refractivity contribution in [3.63, 3.8) is 0 Å². The third kappa shape index (κ3) is 3.66. The van der Waals surface area contributed by atoms with Crippen LogP contribution in [0.5, 0.6) is 0 Å². The van der Waals surface area contributed by atoms with E-state index in [0.29, 0.717) is 43.3 Å². The summed E-state index contributed by atoms with van der Waals surface area (Å²) in [7, 11) is 0. The number of hydrogen-bond donors (Lipinski definition) is 5. The number of ether oxygens (including phenoxy) is 1. The van der Waals surface area contributed by atoms with Crippen LogP contribution in [0.15, 0.2) is 23.3 Å². The largest absolute Gasteiger partial charge is 0.452 e. The second-order valence-electron chi connectivity index (χ2n) is 13.6. The average molecular weight is 519 g/mol. The molecule has 10 atom stereocenters. The lowest BCUT2D eigenvalue weighted by Gasteiger charge is -2.60. The third-order valence-electron chi connectivity index (χ3n) is 11.3. The van der Waals surface area contributed by atoms with Gasteiger partial charge in [0.2, 0.25) is 0 Å². The quantitative estimate of drug-likeness (QED) is 0.355. The van der Waals surface area contributed by atoms with Crippen LogP contribution in [0.2, 0.25) is 0 Å². The highest BCUT2D eigenvalue weighted by molar-refractivity contribution is 5.95. The minimum Gasteiger partial charge on any atom is -0.452 e. The fourth-order valence-electron chi connectivity index (χ4n) is 8.92. The lowest BCUT2D eigenvalue weighted by molar-refractivity contribution is -0.175. The highest BCUT2D eigenvalue weighted by Crippen LogP contribution is 2.68. The molecule has 206 valence electrons. The van der Waals surface area contributed by atoms with E-state index < -0.39 is 63.8 Å². The van der Waals surface area contributed by atoms with Gasteiger partial charge >= 0.3 is 5.97 Å². The number of hydrogen-bond acceptors (Lipinski definition) is 8. The first-order valence-electron chi connectivity index (χ1n) is 13.7. The maximum atomic E-state index is 13.3. The average Bonchev–Trinajstić information content (AvgIpc) is 3.21. The Morgan fingerprint density at radius 1 is 1.05 bits per heavy atom. The number of cyclic esters (lactones) is 1. The van der Waals surface area contributed by atoms with Crippen molar-refractivity contribution >= 4 is 11.8 Å². The summed E-state index contributed by atoms with van der Waals surface area (Å²) in [6.07, 6.45) is 2.61. The Labute approximate surface area is 218 Å². The zero-order chi connectivity index (χ0) is 27.3. The first kappa shape index (κ1) is 27.0. The normalized spacial score (nSPS) is 47.1. The number of fused-ring (bicyclic) bond motifs is 5. The smallest absolute Gasteiger partial charge is 0.331 e. The van der Waals surface area contributed by atoms with E-state index in [4.69, 9.17) is 4.74 Å². The van der Waals surface area contributed by atoms with Crippen molar-refractivity contribution in [2.75, 3.05) is 0 Å². The van der Waals surface area contributed by atoms with Gasteiger partial charge in [-0.05, 0) is 93.8 Å². The molecule has 4 aliphatic carbocycles. The van der Waals surface area contributed by atoms with Gasteiger partial charge in [0, 0.05) is 23.8 Å². The summed E-state index contributed by atoms with van der Waals surface area (Å²) >= 11 is 0.